The Morgan fingerprint density at radius 3 is 2.35 bits per heavy atom. The number of fused-ring (bicyclic) bond motifs is 1. The van der Waals surface area contributed by atoms with Gasteiger partial charge in [-0.1, -0.05) is 34.1 Å². The highest BCUT2D eigenvalue weighted by atomic mass is 79.9. The standard InChI is InChI=1S/C20H16BrN3O7/c1-10(17(25)22-16(20(28)31-2)11-6-8-12(21)9-7-11)23-18(26)13-4-3-5-14(24(29)30)15(13)19(23)27/h3-10,16H,1-2H3,(H,22,25). The van der Waals surface area contributed by atoms with E-state index in [1.807, 2.05) is 0 Å². The van der Waals surface area contributed by atoms with Crippen LogP contribution in [0, 0.1) is 10.1 Å². The molecular formula is C20H16BrN3O7. The molecule has 3 amide bonds. The summed E-state index contributed by atoms with van der Waals surface area (Å²) in [6.45, 7) is 1.29. The van der Waals surface area contributed by atoms with Crippen LogP contribution in [0.3, 0.4) is 0 Å². The monoisotopic (exact) mass is 489 g/mol. The lowest BCUT2D eigenvalue weighted by Gasteiger charge is -2.24. The number of amides is 3. The van der Waals surface area contributed by atoms with Gasteiger partial charge >= 0.3 is 5.97 Å². The first-order valence-corrected chi connectivity index (χ1v) is 9.75. The van der Waals surface area contributed by atoms with Crippen LogP contribution in [-0.4, -0.2) is 46.7 Å². The third kappa shape index (κ3) is 4.04. The van der Waals surface area contributed by atoms with Crippen LogP contribution < -0.4 is 5.32 Å². The van der Waals surface area contributed by atoms with E-state index in [1.54, 1.807) is 24.3 Å². The highest BCUT2D eigenvalue weighted by Crippen LogP contribution is 2.32. The number of halogens is 1. The van der Waals surface area contributed by atoms with Gasteiger partial charge in [-0.05, 0) is 30.7 Å². The van der Waals surface area contributed by atoms with Crippen molar-refractivity contribution in [2.24, 2.45) is 0 Å². The number of rotatable bonds is 6. The zero-order valence-corrected chi connectivity index (χ0v) is 17.9. The van der Waals surface area contributed by atoms with Crippen LogP contribution in [0.2, 0.25) is 0 Å². The molecule has 0 spiro atoms. The molecule has 1 aliphatic heterocycles. The van der Waals surface area contributed by atoms with Crippen LogP contribution in [-0.2, 0) is 14.3 Å². The molecule has 0 saturated heterocycles. The predicted molar refractivity (Wildman–Crippen MR) is 110 cm³/mol. The summed E-state index contributed by atoms with van der Waals surface area (Å²) in [4.78, 5) is 61.7. The zero-order valence-electron chi connectivity index (χ0n) is 16.3. The number of esters is 1. The van der Waals surface area contributed by atoms with E-state index in [9.17, 15) is 29.3 Å². The van der Waals surface area contributed by atoms with Gasteiger partial charge in [-0.15, -0.1) is 0 Å². The second kappa shape index (κ2) is 8.64. The zero-order chi connectivity index (χ0) is 22.9. The number of carbonyl (C=O) groups is 4. The van der Waals surface area contributed by atoms with Gasteiger partial charge < -0.3 is 10.1 Å². The van der Waals surface area contributed by atoms with Gasteiger partial charge in [-0.25, -0.2) is 4.79 Å². The molecule has 0 aromatic heterocycles. The van der Waals surface area contributed by atoms with Gasteiger partial charge in [0.2, 0.25) is 5.91 Å². The molecule has 3 rings (SSSR count). The minimum atomic E-state index is -1.34. The minimum absolute atomic E-state index is 0.156. The van der Waals surface area contributed by atoms with Crippen molar-refractivity contribution in [3.63, 3.8) is 0 Å². The molecule has 0 saturated carbocycles. The molecule has 0 aliphatic carbocycles. The quantitative estimate of drug-likeness (QED) is 0.284. The van der Waals surface area contributed by atoms with Crippen molar-refractivity contribution in [1.82, 2.24) is 10.2 Å². The Kier molecular flexibility index (Phi) is 6.16. The number of benzene rings is 2. The minimum Gasteiger partial charge on any atom is -0.467 e. The van der Waals surface area contributed by atoms with Crippen molar-refractivity contribution < 1.29 is 28.8 Å². The van der Waals surface area contributed by atoms with E-state index >= 15 is 0 Å². The Balaban J connectivity index is 1.88. The summed E-state index contributed by atoms with van der Waals surface area (Å²) in [5, 5.41) is 13.7. The fourth-order valence-electron chi connectivity index (χ4n) is 3.22. The molecule has 10 nitrogen and oxygen atoms in total. The van der Waals surface area contributed by atoms with E-state index in [2.05, 4.69) is 21.2 Å². The molecule has 1 aliphatic rings. The number of hydrogen-bond acceptors (Lipinski definition) is 7. The van der Waals surface area contributed by atoms with Gasteiger partial charge in [-0.3, -0.25) is 29.4 Å². The Hall–Kier alpha value is -3.60. The lowest BCUT2D eigenvalue weighted by molar-refractivity contribution is -0.385. The summed E-state index contributed by atoms with van der Waals surface area (Å²) in [5.74, 6) is -3.34. The number of imide groups is 1. The SMILES string of the molecule is COC(=O)C(NC(=O)C(C)N1C(=O)c2cccc([N+](=O)[O-])c2C1=O)c1ccc(Br)cc1. The summed E-state index contributed by atoms with van der Waals surface area (Å²) < 4.78 is 5.51. The smallest absolute Gasteiger partial charge is 0.333 e. The molecule has 160 valence electrons. The van der Waals surface area contributed by atoms with Crippen molar-refractivity contribution in [3.8, 4) is 0 Å². The Bertz CT molecular complexity index is 1100. The highest BCUT2D eigenvalue weighted by Gasteiger charge is 2.45. The lowest BCUT2D eigenvalue weighted by atomic mass is 10.1. The number of ether oxygens (including phenoxy) is 1. The summed E-state index contributed by atoms with van der Waals surface area (Å²) in [6.07, 6.45) is 0. The maximum Gasteiger partial charge on any atom is 0.333 e. The fourth-order valence-corrected chi connectivity index (χ4v) is 3.49. The number of nitrogens with zero attached hydrogens (tertiary/aromatic N) is 2. The number of nitrogens with one attached hydrogen (secondary N) is 1. The normalized spacial score (nSPS) is 14.6. The van der Waals surface area contributed by atoms with Crippen LogP contribution in [0.4, 0.5) is 5.69 Å². The van der Waals surface area contributed by atoms with Gasteiger partial charge in [0.05, 0.1) is 17.6 Å². The summed E-state index contributed by atoms with van der Waals surface area (Å²) >= 11 is 3.28. The molecule has 1 N–H and O–H groups in total. The Morgan fingerprint density at radius 1 is 1.13 bits per heavy atom. The van der Waals surface area contributed by atoms with E-state index in [4.69, 9.17) is 4.74 Å². The van der Waals surface area contributed by atoms with Crippen molar-refractivity contribution in [3.05, 3.63) is 73.7 Å². The molecule has 2 unspecified atom stereocenters. The molecule has 2 aromatic carbocycles. The number of nitro benzene ring substituents is 1. The maximum absolute atomic E-state index is 12.9. The molecule has 0 fully saturated rings. The summed E-state index contributed by atoms with van der Waals surface area (Å²) in [7, 11) is 1.16. The van der Waals surface area contributed by atoms with Crippen LogP contribution >= 0.6 is 15.9 Å². The molecule has 0 radical (unpaired) electrons. The summed E-state index contributed by atoms with van der Waals surface area (Å²) in [6, 6.07) is 7.70. The van der Waals surface area contributed by atoms with Crippen LogP contribution in [0.5, 0.6) is 0 Å². The fraction of sp³-hybridized carbons (Fsp3) is 0.200. The Labute approximate surface area is 184 Å². The highest BCUT2D eigenvalue weighted by molar-refractivity contribution is 9.10. The lowest BCUT2D eigenvalue weighted by Crippen LogP contribution is -2.49. The van der Waals surface area contributed by atoms with E-state index in [0.717, 1.165) is 17.6 Å². The third-order valence-corrected chi connectivity index (χ3v) is 5.34. The van der Waals surface area contributed by atoms with Crippen molar-refractivity contribution in [1.29, 1.82) is 0 Å². The summed E-state index contributed by atoms with van der Waals surface area (Å²) in [5.41, 5.74) is -0.618. The van der Waals surface area contributed by atoms with Crippen molar-refractivity contribution in [2.45, 2.75) is 19.0 Å². The largest absolute Gasteiger partial charge is 0.467 e. The van der Waals surface area contributed by atoms with Crippen LogP contribution in [0.25, 0.3) is 0 Å². The molecule has 0 bridgehead atoms. The van der Waals surface area contributed by atoms with E-state index in [1.165, 1.54) is 19.1 Å². The molecule has 2 atom stereocenters. The van der Waals surface area contributed by atoms with Crippen molar-refractivity contribution in [2.75, 3.05) is 7.11 Å². The first kappa shape index (κ1) is 22.1. The second-order valence-corrected chi connectivity index (χ2v) is 7.55. The number of hydrogen-bond donors (Lipinski definition) is 1. The van der Waals surface area contributed by atoms with E-state index in [-0.39, 0.29) is 11.1 Å². The van der Waals surface area contributed by atoms with Crippen LogP contribution in [0.1, 0.15) is 39.2 Å². The number of nitro groups is 1. The molecule has 31 heavy (non-hydrogen) atoms. The predicted octanol–water partition coefficient (Wildman–Crippen LogP) is 2.37. The topological polar surface area (TPSA) is 136 Å². The first-order chi connectivity index (χ1) is 14.7. The van der Waals surface area contributed by atoms with Gasteiger partial charge in [0.25, 0.3) is 17.5 Å². The number of methoxy groups -OCH3 is 1. The van der Waals surface area contributed by atoms with E-state index in [0.29, 0.717) is 10.5 Å². The molecular weight excluding hydrogens is 474 g/mol. The second-order valence-electron chi connectivity index (χ2n) is 6.63. The maximum atomic E-state index is 12.9. The molecule has 11 heteroatoms. The van der Waals surface area contributed by atoms with Gasteiger partial charge in [0.15, 0.2) is 6.04 Å². The van der Waals surface area contributed by atoms with Crippen molar-refractivity contribution >= 4 is 45.3 Å². The average Bonchev–Trinajstić information content (AvgIpc) is 3.01. The molecule has 1 heterocycles. The third-order valence-electron chi connectivity index (χ3n) is 4.81. The van der Waals surface area contributed by atoms with Gasteiger partial charge in [0.1, 0.15) is 11.6 Å². The number of carbonyl (C=O) groups excluding carboxylic acids is 4. The van der Waals surface area contributed by atoms with E-state index < -0.39 is 46.4 Å². The molecule has 2 aromatic rings. The Morgan fingerprint density at radius 2 is 1.77 bits per heavy atom. The van der Waals surface area contributed by atoms with Crippen LogP contribution in [0.15, 0.2) is 46.9 Å². The van der Waals surface area contributed by atoms with Gasteiger partial charge in [0, 0.05) is 10.5 Å². The first-order valence-electron chi connectivity index (χ1n) is 8.96. The van der Waals surface area contributed by atoms with Gasteiger partial charge in [-0.2, -0.15) is 0 Å². The average molecular weight is 490 g/mol.